The standard InChI is InChI=1S/C17H17N3O.C17H13N3O.C16H16N4O.C16H15N3O.C14H11N5O.10C2H6/c2*1-2-13-11-7-4-6-10-15(11)20-16(21)12-8-3-5-9-14(12)19-17(20)18-13;1-2-12-11-9-17-8-7-14(11)20-15(21)10-5-3-4-6-13(10)19-16(20)18-12;1-2-12-10-7-5-9-14(10)19-15(20)11-6-3-4-8-13(11)18-16(19)17-12;1-2-9-11-12(16-7-15-11)19-13(20)8-5-3-4-6-10(8)18-14(19)17-9;10*1-2/h3,5,8-9H,2,4,6-7,10H2,1H3;3-10H,2H2,1H3;3-6,17H,2,7-9H2,1H3;3-4,6,8H,2,5,7,9H2,1H3;3-7H,2H2,1H3,(H,15,16);10*1-2H3. The van der Waals surface area contributed by atoms with E-state index in [4.69, 9.17) is 0 Å². The highest BCUT2D eigenvalue weighted by Crippen LogP contribution is 2.28. The van der Waals surface area contributed by atoms with Crippen molar-refractivity contribution in [3.05, 3.63) is 266 Å². The molecule has 0 fully saturated rings. The Hall–Kier alpha value is -12.2. The number of nitrogens with zero attached hydrogens (tertiary/aromatic N) is 16. The average Bonchev–Trinajstić information content (AvgIpc) is 1.72. The number of H-pyrrole nitrogens is 1. The number of rotatable bonds is 5. The van der Waals surface area contributed by atoms with Crippen molar-refractivity contribution in [1.29, 1.82) is 0 Å². The van der Waals surface area contributed by atoms with Gasteiger partial charge in [-0.3, -0.25) is 24.0 Å². The van der Waals surface area contributed by atoms with Gasteiger partial charge < -0.3 is 10.3 Å². The van der Waals surface area contributed by atoms with Gasteiger partial charge >= 0.3 is 0 Å². The van der Waals surface area contributed by atoms with Crippen LogP contribution in [0.3, 0.4) is 0 Å². The molecule has 6 aromatic carbocycles. The molecule has 23 nitrogen and oxygen atoms in total. The Morgan fingerprint density at radius 1 is 0.285 bits per heavy atom. The first-order valence-electron chi connectivity index (χ1n) is 45.5. The van der Waals surface area contributed by atoms with Crippen LogP contribution in [-0.2, 0) is 70.8 Å². The first-order chi connectivity index (χ1) is 60.5. The second kappa shape index (κ2) is 50.2. The Bertz CT molecular complexity index is 6490. The molecule has 23 heteroatoms. The van der Waals surface area contributed by atoms with Gasteiger partial charge in [-0.2, -0.15) is 0 Å². The molecule has 0 radical (unpaired) electrons. The third kappa shape index (κ3) is 21.1. The quantitative estimate of drug-likeness (QED) is 0.120. The van der Waals surface area contributed by atoms with Gasteiger partial charge in [0.05, 0.1) is 83.4 Å². The molecule has 0 saturated carbocycles. The molecular weight excluding hydrogens is 1530 g/mol. The normalized spacial score (nSPS) is 11.6. The van der Waals surface area contributed by atoms with E-state index >= 15 is 0 Å². The molecule has 11 aromatic heterocycles. The summed E-state index contributed by atoms with van der Waals surface area (Å²) in [5.74, 6) is 2.48. The number of imidazole rings is 1. The number of aromatic amines is 1. The molecule has 1 aliphatic heterocycles. The Morgan fingerprint density at radius 3 is 0.959 bits per heavy atom. The lowest BCUT2D eigenvalue weighted by Gasteiger charge is -2.21. The van der Waals surface area contributed by atoms with Gasteiger partial charge in [-0.1, -0.05) is 252 Å². The SMILES string of the molecule is CC.CC.CC.CC.CC.CC.CC.CC.CC.CC.CCc1nc2nc3ccccc3c(=O)n2c2c1CCC2.CCc1nc2nc3ccccc3c(=O)n2c2c1CCCC2.CCc1nc2nc3ccccc3c(=O)n2c2c1CNCC2.CCc1nc2nc3ccccc3c(=O)n2c2ccccc12.CCc1nc2nc3ccccc3c(=O)n2c2nc[nH]c12. The lowest BCUT2D eigenvalue weighted by Crippen LogP contribution is -2.31. The fraction of sp³-hybridized carbons (Fsp3) is 0.400. The van der Waals surface area contributed by atoms with E-state index in [0.29, 0.717) is 78.0 Å². The Morgan fingerprint density at radius 2 is 0.569 bits per heavy atom. The monoisotopic (exact) mass is 1670 g/mol. The maximum atomic E-state index is 12.8. The molecule has 0 bridgehead atoms. The van der Waals surface area contributed by atoms with Gasteiger partial charge in [-0.15, -0.1) is 0 Å². The zero-order valence-electron chi connectivity index (χ0n) is 77.7. The number of benzene rings is 6. The predicted molar refractivity (Wildman–Crippen MR) is 515 cm³/mol. The summed E-state index contributed by atoms with van der Waals surface area (Å²) in [6, 6.07) is 45.0. The number of hydrogen-bond acceptors (Lipinski definition) is 17. The topological polar surface area (TPSA) is 277 Å². The van der Waals surface area contributed by atoms with Gasteiger partial charge in [-0.25, -0.2) is 76.8 Å². The molecule has 2 N–H and O–H groups in total. The zero-order valence-corrected chi connectivity index (χ0v) is 77.7. The van der Waals surface area contributed by atoms with E-state index in [1.807, 2.05) is 279 Å². The number of aromatic nitrogens is 17. The summed E-state index contributed by atoms with van der Waals surface area (Å²) in [6.45, 7) is 52.0. The highest BCUT2D eigenvalue weighted by molar-refractivity contribution is 5.88. The van der Waals surface area contributed by atoms with Gasteiger partial charge in [0.15, 0.2) is 5.65 Å². The van der Waals surface area contributed by atoms with Crippen LogP contribution in [0, 0.1) is 0 Å². The number of para-hydroxylation sites is 6. The molecule has 17 aromatic rings. The van der Waals surface area contributed by atoms with Crippen molar-refractivity contribution in [3.63, 3.8) is 0 Å². The molecule has 3 aliphatic rings. The summed E-state index contributed by atoms with van der Waals surface area (Å²) in [5, 5.41) is 7.55. The lowest BCUT2D eigenvalue weighted by atomic mass is 9.93. The summed E-state index contributed by atoms with van der Waals surface area (Å²) < 4.78 is 8.25. The Kier molecular flexibility index (Phi) is 40.7. The van der Waals surface area contributed by atoms with Crippen molar-refractivity contribution in [2.75, 3.05) is 6.54 Å². The maximum absolute atomic E-state index is 12.8. The van der Waals surface area contributed by atoms with Gasteiger partial charge in [0.2, 0.25) is 28.9 Å². The van der Waals surface area contributed by atoms with Crippen LogP contribution in [0.4, 0.5) is 0 Å². The number of aryl methyl sites for hydroxylation is 7. The summed E-state index contributed by atoms with van der Waals surface area (Å²) in [5.41, 5.74) is 17.6. The van der Waals surface area contributed by atoms with Gasteiger partial charge in [0.1, 0.15) is 5.52 Å². The minimum Gasteiger partial charge on any atom is -0.342 e. The van der Waals surface area contributed by atoms with Crippen LogP contribution < -0.4 is 33.1 Å². The van der Waals surface area contributed by atoms with Crippen LogP contribution in [0.25, 0.3) is 105 Å². The van der Waals surface area contributed by atoms with Gasteiger partial charge in [0, 0.05) is 58.9 Å². The first-order valence-corrected chi connectivity index (χ1v) is 45.5. The van der Waals surface area contributed by atoms with Crippen molar-refractivity contribution in [3.8, 4) is 0 Å². The van der Waals surface area contributed by atoms with Crippen LogP contribution in [-0.4, -0.2) is 88.4 Å². The van der Waals surface area contributed by atoms with E-state index in [1.165, 1.54) is 21.9 Å². The van der Waals surface area contributed by atoms with Crippen molar-refractivity contribution < 1.29 is 0 Å². The largest absolute Gasteiger partial charge is 0.342 e. The van der Waals surface area contributed by atoms with Crippen LogP contribution in [0.5, 0.6) is 0 Å². The fourth-order valence-electron chi connectivity index (χ4n) is 14.9. The highest BCUT2D eigenvalue weighted by Gasteiger charge is 2.25. The fourth-order valence-corrected chi connectivity index (χ4v) is 14.9. The lowest BCUT2D eigenvalue weighted by molar-refractivity contribution is 0.609. The van der Waals surface area contributed by atoms with Gasteiger partial charge in [-0.05, 0) is 155 Å². The summed E-state index contributed by atoms with van der Waals surface area (Å²) >= 11 is 0. The van der Waals surface area contributed by atoms with Crippen molar-refractivity contribution in [1.82, 2.24) is 87.1 Å². The average molecular weight is 1670 g/mol. The van der Waals surface area contributed by atoms with Crippen LogP contribution >= 0.6 is 0 Å². The van der Waals surface area contributed by atoms with E-state index in [-0.39, 0.29) is 27.8 Å². The number of fused-ring (bicyclic) bond motifs is 20. The predicted octanol–water partition coefficient (Wildman–Crippen LogP) is 21.3. The van der Waals surface area contributed by atoms with Crippen LogP contribution in [0.1, 0.15) is 255 Å². The van der Waals surface area contributed by atoms with Crippen molar-refractivity contribution in [2.24, 2.45) is 0 Å². The molecule has 20 rings (SSSR count). The van der Waals surface area contributed by atoms with E-state index in [0.717, 1.165) is 169 Å². The van der Waals surface area contributed by atoms with Crippen LogP contribution in [0.15, 0.2) is 176 Å². The number of hydrogen-bond donors (Lipinski definition) is 2. The maximum Gasteiger partial charge on any atom is 0.268 e. The molecule has 652 valence electrons. The molecule has 0 atom stereocenters. The summed E-state index contributed by atoms with van der Waals surface area (Å²) in [7, 11) is 0. The molecule has 0 spiro atoms. The molecule has 123 heavy (non-hydrogen) atoms. The minimum absolute atomic E-state index is 0.0103. The first kappa shape index (κ1) is 99.6. The van der Waals surface area contributed by atoms with Crippen molar-refractivity contribution >= 4 is 105 Å². The molecule has 0 unspecified atom stereocenters. The number of nitrogens with one attached hydrogen (secondary N) is 2. The van der Waals surface area contributed by atoms with E-state index < -0.39 is 0 Å². The second-order valence-corrected chi connectivity index (χ2v) is 25.8. The molecular formula is C100H132N18O5. The second-order valence-electron chi connectivity index (χ2n) is 25.8. The Balaban J connectivity index is 0.000000226. The van der Waals surface area contributed by atoms with Crippen LogP contribution in [0.2, 0.25) is 0 Å². The molecule has 2 aliphatic carbocycles. The molecule has 0 amide bonds. The van der Waals surface area contributed by atoms with Gasteiger partial charge in [0.25, 0.3) is 27.8 Å². The van der Waals surface area contributed by atoms with Crippen molar-refractivity contribution in [2.45, 2.75) is 263 Å². The highest BCUT2D eigenvalue weighted by atomic mass is 16.1. The van der Waals surface area contributed by atoms with E-state index in [2.05, 4.69) is 92.8 Å². The van der Waals surface area contributed by atoms with E-state index in [9.17, 15) is 24.0 Å². The Labute approximate surface area is 724 Å². The smallest absolute Gasteiger partial charge is 0.268 e. The third-order valence-electron chi connectivity index (χ3n) is 19.9. The summed E-state index contributed by atoms with van der Waals surface area (Å²) in [4.78, 5) is 117. The minimum atomic E-state index is -0.141. The molecule has 0 saturated heterocycles. The third-order valence-corrected chi connectivity index (χ3v) is 19.9. The zero-order chi connectivity index (χ0) is 90.6. The van der Waals surface area contributed by atoms with E-state index in [1.54, 1.807) is 36.1 Å². The molecule has 12 heterocycles. The summed E-state index contributed by atoms with van der Waals surface area (Å²) in [6.07, 6.45) is 14.0.